The Morgan fingerprint density at radius 1 is 0.775 bits per heavy atom. The Bertz CT molecular complexity index is 1580. The van der Waals surface area contributed by atoms with E-state index in [1.165, 1.54) is 7.11 Å². The zero-order chi connectivity index (χ0) is 27.7. The SMILES string of the molecule is COC(=O)c1ccc(NC(=O)c2cc(-c3ccc(OCc4ccccc4)cc3OCc3ccccc3)n[nH]2)cc1. The number of nitrogens with one attached hydrogen (secondary N) is 2. The lowest BCUT2D eigenvalue weighted by atomic mass is 10.1. The Labute approximate surface area is 231 Å². The number of hydrogen-bond acceptors (Lipinski definition) is 6. The third kappa shape index (κ3) is 6.54. The highest BCUT2D eigenvalue weighted by molar-refractivity contribution is 6.03. The number of ether oxygens (including phenoxy) is 3. The van der Waals surface area contributed by atoms with Gasteiger partial charge in [-0.05, 0) is 53.6 Å². The number of carbonyl (C=O) groups excluding carboxylic acids is 2. The molecule has 0 saturated heterocycles. The zero-order valence-corrected chi connectivity index (χ0v) is 21.8. The van der Waals surface area contributed by atoms with Crippen LogP contribution >= 0.6 is 0 Å². The van der Waals surface area contributed by atoms with Gasteiger partial charge in [-0.15, -0.1) is 0 Å². The van der Waals surface area contributed by atoms with E-state index in [2.05, 4.69) is 15.5 Å². The molecule has 0 aliphatic heterocycles. The van der Waals surface area contributed by atoms with Crippen LogP contribution in [-0.4, -0.2) is 29.2 Å². The third-order valence-electron chi connectivity index (χ3n) is 6.10. The molecule has 0 unspecified atom stereocenters. The van der Waals surface area contributed by atoms with Gasteiger partial charge in [0.25, 0.3) is 5.91 Å². The summed E-state index contributed by atoms with van der Waals surface area (Å²) in [4.78, 5) is 24.5. The summed E-state index contributed by atoms with van der Waals surface area (Å²) in [6.07, 6.45) is 0. The number of aromatic amines is 1. The lowest BCUT2D eigenvalue weighted by Crippen LogP contribution is -2.12. The van der Waals surface area contributed by atoms with Crippen molar-refractivity contribution in [3.63, 3.8) is 0 Å². The molecule has 8 heteroatoms. The molecule has 0 aliphatic rings. The highest BCUT2D eigenvalue weighted by Crippen LogP contribution is 2.34. The Morgan fingerprint density at radius 2 is 1.43 bits per heavy atom. The van der Waals surface area contributed by atoms with Gasteiger partial charge >= 0.3 is 5.97 Å². The van der Waals surface area contributed by atoms with E-state index in [0.29, 0.717) is 47.2 Å². The van der Waals surface area contributed by atoms with E-state index in [4.69, 9.17) is 14.2 Å². The van der Waals surface area contributed by atoms with Gasteiger partial charge in [-0.25, -0.2) is 4.79 Å². The van der Waals surface area contributed by atoms with Crippen molar-refractivity contribution in [2.45, 2.75) is 13.2 Å². The second-order valence-electron chi connectivity index (χ2n) is 8.90. The predicted molar refractivity (Wildman–Crippen MR) is 151 cm³/mol. The van der Waals surface area contributed by atoms with E-state index in [1.54, 1.807) is 30.3 Å². The second-order valence-corrected chi connectivity index (χ2v) is 8.90. The molecule has 200 valence electrons. The zero-order valence-electron chi connectivity index (χ0n) is 21.8. The first-order chi connectivity index (χ1) is 19.6. The molecular formula is C32H27N3O5. The standard InChI is InChI=1S/C32H27N3O5/c1-38-32(37)24-12-14-25(15-13-24)33-31(36)29-19-28(34-35-29)27-17-16-26(39-20-22-8-4-2-5-9-22)18-30(27)40-21-23-10-6-3-7-11-23/h2-19H,20-21H2,1H3,(H,33,36)(H,34,35). The summed E-state index contributed by atoms with van der Waals surface area (Å²) in [6, 6.07) is 33.4. The summed E-state index contributed by atoms with van der Waals surface area (Å²) in [7, 11) is 1.32. The fraction of sp³-hybridized carbons (Fsp3) is 0.0938. The molecular weight excluding hydrogens is 506 g/mol. The Kier molecular flexibility index (Phi) is 8.17. The van der Waals surface area contributed by atoms with Gasteiger partial charge in [0.05, 0.1) is 18.4 Å². The van der Waals surface area contributed by atoms with E-state index in [1.807, 2.05) is 78.9 Å². The van der Waals surface area contributed by atoms with Crippen LogP contribution in [-0.2, 0) is 18.0 Å². The van der Waals surface area contributed by atoms with Crippen LogP contribution in [0.5, 0.6) is 11.5 Å². The number of esters is 1. The first-order valence-corrected chi connectivity index (χ1v) is 12.6. The van der Waals surface area contributed by atoms with Gasteiger partial charge in [-0.1, -0.05) is 60.7 Å². The largest absolute Gasteiger partial charge is 0.489 e. The number of H-pyrrole nitrogens is 1. The Morgan fingerprint density at radius 3 is 2.08 bits per heavy atom. The lowest BCUT2D eigenvalue weighted by molar-refractivity contribution is 0.0600. The van der Waals surface area contributed by atoms with Crippen molar-refractivity contribution in [1.82, 2.24) is 10.2 Å². The molecule has 40 heavy (non-hydrogen) atoms. The quantitative estimate of drug-likeness (QED) is 0.205. The minimum Gasteiger partial charge on any atom is -0.489 e. The first-order valence-electron chi connectivity index (χ1n) is 12.6. The molecule has 0 bridgehead atoms. The van der Waals surface area contributed by atoms with Gasteiger partial charge in [-0.3, -0.25) is 9.89 Å². The van der Waals surface area contributed by atoms with Crippen LogP contribution < -0.4 is 14.8 Å². The van der Waals surface area contributed by atoms with Crippen LogP contribution in [0.1, 0.15) is 32.0 Å². The van der Waals surface area contributed by atoms with Gasteiger partial charge in [0, 0.05) is 17.3 Å². The van der Waals surface area contributed by atoms with Crippen molar-refractivity contribution >= 4 is 17.6 Å². The van der Waals surface area contributed by atoms with E-state index in [0.717, 1.165) is 11.1 Å². The summed E-state index contributed by atoms with van der Waals surface area (Å²) >= 11 is 0. The number of carbonyl (C=O) groups is 2. The van der Waals surface area contributed by atoms with Crippen LogP contribution in [0.4, 0.5) is 5.69 Å². The molecule has 0 saturated carbocycles. The molecule has 2 N–H and O–H groups in total. The normalized spacial score (nSPS) is 10.5. The number of anilines is 1. The molecule has 1 heterocycles. The highest BCUT2D eigenvalue weighted by atomic mass is 16.5. The molecule has 5 aromatic rings. The van der Waals surface area contributed by atoms with Gasteiger partial charge in [-0.2, -0.15) is 5.10 Å². The first kappa shape index (κ1) is 26.2. The molecule has 5 rings (SSSR count). The van der Waals surface area contributed by atoms with Gasteiger partial charge in [0.15, 0.2) is 0 Å². The molecule has 1 amide bonds. The highest BCUT2D eigenvalue weighted by Gasteiger charge is 2.16. The van der Waals surface area contributed by atoms with E-state index >= 15 is 0 Å². The molecule has 8 nitrogen and oxygen atoms in total. The van der Waals surface area contributed by atoms with E-state index in [9.17, 15) is 9.59 Å². The Balaban J connectivity index is 1.34. The summed E-state index contributed by atoms with van der Waals surface area (Å²) in [5, 5.41) is 9.97. The van der Waals surface area contributed by atoms with Gasteiger partial charge in [0.2, 0.25) is 0 Å². The topological polar surface area (TPSA) is 103 Å². The van der Waals surface area contributed by atoms with E-state index in [-0.39, 0.29) is 11.6 Å². The number of rotatable bonds is 10. The van der Waals surface area contributed by atoms with Crippen LogP contribution in [0.2, 0.25) is 0 Å². The fourth-order valence-corrected chi connectivity index (χ4v) is 3.98. The minimum atomic E-state index is -0.446. The number of hydrogen-bond donors (Lipinski definition) is 2. The van der Waals surface area contributed by atoms with Crippen molar-refractivity contribution < 1.29 is 23.8 Å². The van der Waals surface area contributed by atoms with Crippen LogP contribution in [0.25, 0.3) is 11.3 Å². The number of benzene rings is 4. The van der Waals surface area contributed by atoms with Crippen LogP contribution in [0.3, 0.4) is 0 Å². The maximum Gasteiger partial charge on any atom is 0.337 e. The summed E-state index contributed by atoms with van der Waals surface area (Å²) in [5.74, 6) is 0.405. The predicted octanol–water partition coefficient (Wildman–Crippen LogP) is 6.27. The average molecular weight is 534 g/mol. The van der Waals surface area contributed by atoms with Gasteiger partial charge < -0.3 is 19.5 Å². The van der Waals surface area contributed by atoms with Gasteiger partial charge in [0.1, 0.15) is 30.4 Å². The van der Waals surface area contributed by atoms with Crippen molar-refractivity contribution in [2.24, 2.45) is 0 Å². The maximum absolute atomic E-state index is 12.9. The average Bonchev–Trinajstić information content (AvgIpc) is 3.50. The molecule has 0 atom stereocenters. The summed E-state index contributed by atoms with van der Waals surface area (Å²) in [6.45, 7) is 0.779. The Hall–Kier alpha value is -5.37. The smallest absolute Gasteiger partial charge is 0.337 e. The number of nitrogens with zero attached hydrogens (tertiary/aromatic N) is 1. The van der Waals surface area contributed by atoms with Crippen molar-refractivity contribution in [1.29, 1.82) is 0 Å². The summed E-state index contributed by atoms with van der Waals surface area (Å²) in [5.41, 5.74) is 4.52. The fourth-order valence-electron chi connectivity index (χ4n) is 3.98. The molecule has 4 aromatic carbocycles. The summed E-state index contributed by atoms with van der Waals surface area (Å²) < 4.78 is 16.9. The monoisotopic (exact) mass is 533 g/mol. The number of amides is 1. The third-order valence-corrected chi connectivity index (χ3v) is 6.10. The molecule has 0 fully saturated rings. The second kappa shape index (κ2) is 12.4. The molecule has 1 aromatic heterocycles. The van der Waals surface area contributed by atoms with Crippen LogP contribution in [0.15, 0.2) is 109 Å². The lowest BCUT2D eigenvalue weighted by Gasteiger charge is -2.13. The van der Waals surface area contributed by atoms with Crippen LogP contribution in [0, 0.1) is 0 Å². The molecule has 0 spiro atoms. The van der Waals surface area contributed by atoms with Crippen molar-refractivity contribution in [3.05, 3.63) is 132 Å². The number of aromatic nitrogens is 2. The van der Waals surface area contributed by atoms with E-state index < -0.39 is 5.97 Å². The molecule has 0 aliphatic carbocycles. The minimum absolute atomic E-state index is 0.269. The van der Waals surface area contributed by atoms with Crippen molar-refractivity contribution in [2.75, 3.05) is 12.4 Å². The number of methoxy groups -OCH3 is 1. The van der Waals surface area contributed by atoms with Crippen molar-refractivity contribution in [3.8, 4) is 22.8 Å². The molecule has 0 radical (unpaired) electrons. The maximum atomic E-state index is 12.9.